The van der Waals surface area contributed by atoms with E-state index < -0.39 is 5.91 Å². The van der Waals surface area contributed by atoms with Gasteiger partial charge in [0, 0.05) is 11.1 Å². The van der Waals surface area contributed by atoms with Crippen LogP contribution >= 0.6 is 0 Å². The molecule has 0 atom stereocenters. The molecule has 0 radical (unpaired) electrons. The van der Waals surface area contributed by atoms with Gasteiger partial charge in [-0.15, -0.1) is 0 Å². The van der Waals surface area contributed by atoms with Crippen molar-refractivity contribution in [1.82, 2.24) is 10.7 Å². The minimum Gasteiger partial charge on any atom is -0.494 e. The van der Waals surface area contributed by atoms with Crippen molar-refractivity contribution >= 4 is 18.0 Å². The lowest BCUT2D eigenvalue weighted by Crippen LogP contribution is -2.34. The predicted octanol–water partition coefficient (Wildman–Crippen LogP) is 2.75. The molecule has 0 fully saturated rings. The van der Waals surface area contributed by atoms with Crippen LogP contribution in [0, 0.1) is 0 Å². The molecular formula is C21H25N3O4. The number of benzene rings is 2. The fraction of sp³-hybridized carbons (Fsp3) is 0.286. The highest BCUT2D eigenvalue weighted by Crippen LogP contribution is 2.15. The van der Waals surface area contributed by atoms with Gasteiger partial charge in [-0.1, -0.05) is 19.1 Å². The molecule has 2 aromatic carbocycles. The average molecular weight is 383 g/mol. The molecule has 0 aliphatic rings. The van der Waals surface area contributed by atoms with Crippen LogP contribution in [-0.4, -0.2) is 37.8 Å². The quantitative estimate of drug-likeness (QED) is 0.488. The van der Waals surface area contributed by atoms with Crippen LogP contribution in [-0.2, 0) is 4.79 Å². The summed E-state index contributed by atoms with van der Waals surface area (Å²) >= 11 is 0. The van der Waals surface area contributed by atoms with Crippen LogP contribution in [0.15, 0.2) is 53.6 Å². The Morgan fingerprint density at radius 2 is 1.79 bits per heavy atom. The second-order valence-corrected chi connectivity index (χ2v) is 5.82. The summed E-state index contributed by atoms with van der Waals surface area (Å²) in [7, 11) is 0. The first kappa shape index (κ1) is 21.0. The third kappa shape index (κ3) is 6.75. The van der Waals surface area contributed by atoms with E-state index in [1.165, 1.54) is 6.21 Å². The van der Waals surface area contributed by atoms with Crippen LogP contribution in [0.2, 0.25) is 0 Å². The number of ether oxygens (including phenoxy) is 2. The Kier molecular flexibility index (Phi) is 8.52. The number of nitrogens with zero attached hydrogens (tertiary/aromatic N) is 1. The highest BCUT2D eigenvalue weighted by Gasteiger charge is 2.08. The van der Waals surface area contributed by atoms with Crippen molar-refractivity contribution in [3.63, 3.8) is 0 Å². The third-order valence-corrected chi connectivity index (χ3v) is 3.61. The van der Waals surface area contributed by atoms with Gasteiger partial charge in [-0.2, -0.15) is 5.10 Å². The van der Waals surface area contributed by atoms with Gasteiger partial charge in [-0.05, 0) is 49.7 Å². The molecule has 0 aliphatic carbocycles. The topological polar surface area (TPSA) is 89.0 Å². The summed E-state index contributed by atoms with van der Waals surface area (Å²) in [6.07, 6.45) is 2.41. The summed E-state index contributed by atoms with van der Waals surface area (Å²) in [6.45, 7) is 4.90. The first-order valence-corrected chi connectivity index (χ1v) is 9.18. The Morgan fingerprint density at radius 3 is 2.50 bits per heavy atom. The molecule has 148 valence electrons. The summed E-state index contributed by atoms with van der Waals surface area (Å²) in [5.74, 6) is 0.615. The number of amides is 2. The third-order valence-electron chi connectivity index (χ3n) is 3.61. The molecule has 0 saturated carbocycles. The van der Waals surface area contributed by atoms with Crippen molar-refractivity contribution < 1.29 is 19.1 Å². The zero-order valence-electron chi connectivity index (χ0n) is 16.1. The first-order chi connectivity index (χ1) is 13.6. The van der Waals surface area contributed by atoms with E-state index in [4.69, 9.17) is 9.47 Å². The Morgan fingerprint density at radius 1 is 1.04 bits per heavy atom. The van der Waals surface area contributed by atoms with Crippen LogP contribution in [0.4, 0.5) is 0 Å². The van der Waals surface area contributed by atoms with Gasteiger partial charge in [0.1, 0.15) is 11.5 Å². The van der Waals surface area contributed by atoms with Gasteiger partial charge in [0.2, 0.25) is 0 Å². The molecule has 0 bridgehead atoms. The largest absolute Gasteiger partial charge is 0.494 e. The van der Waals surface area contributed by atoms with Crippen LogP contribution in [0.1, 0.15) is 36.2 Å². The molecule has 0 unspecified atom stereocenters. The summed E-state index contributed by atoms with van der Waals surface area (Å²) in [4.78, 5) is 24.0. The zero-order chi connectivity index (χ0) is 20.2. The number of hydrogen-bond acceptors (Lipinski definition) is 5. The molecular weight excluding hydrogens is 358 g/mol. The van der Waals surface area contributed by atoms with Gasteiger partial charge in [0.15, 0.2) is 0 Å². The van der Waals surface area contributed by atoms with E-state index in [1.807, 2.05) is 38.1 Å². The van der Waals surface area contributed by atoms with Gasteiger partial charge in [-0.3, -0.25) is 9.59 Å². The van der Waals surface area contributed by atoms with E-state index in [1.54, 1.807) is 24.3 Å². The first-order valence-electron chi connectivity index (χ1n) is 9.18. The van der Waals surface area contributed by atoms with Gasteiger partial charge in [0.25, 0.3) is 11.8 Å². The highest BCUT2D eigenvalue weighted by atomic mass is 16.5. The Hall–Kier alpha value is -3.35. The number of hydrazone groups is 1. The van der Waals surface area contributed by atoms with Crippen molar-refractivity contribution in [1.29, 1.82) is 0 Å². The summed E-state index contributed by atoms with van der Waals surface area (Å²) in [5.41, 5.74) is 3.58. The summed E-state index contributed by atoms with van der Waals surface area (Å²) in [6, 6.07) is 14.1. The number of carbonyl (C=O) groups excluding carboxylic acids is 2. The van der Waals surface area contributed by atoms with Gasteiger partial charge >= 0.3 is 0 Å². The second-order valence-electron chi connectivity index (χ2n) is 5.82. The molecule has 0 heterocycles. The molecule has 2 N–H and O–H groups in total. The van der Waals surface area contributed by atoms with E-state index in [2.05, 4.69) is 15.8 Å². The van der Waals surface area contributed by atoms with Crippen molar-refractivity contribution in [2.45, 2.75) is 20.3 Å². The molecule has 2 rings (SSSR count). The maximum atomic E-state index is 12.1. The number of nitrogens with one attached hydrogen (secondary N) is 2. The maximum absolute atomic E-state index is 12.1. The van der Waals surface area contributed by atoms with E-state index >= 15 is 0 Å². The fourth-order valence-corrected chi connectivity index (χ4v) is 2.27. The minimum absolute atomic E-state index is 0.183. The molecule has 0 aliphatic heterocycles. The Labute approximate surface area is 164 Å². The molecule has 0 aromatic heterocycles. The van der Waals surface area contributed by atoms with Crippen molar-refractivity contribution in [3.8, 4) is 11.5 Å². The SMILES string of the molecule is CCCOc1ccc(C(=O)NCC(=O)N/N=C/c2ccccc2OCC)cc1. The monoisotopic (exact) mass is 383 g/mol. The normalized spacial score (nSPS) is 10.5. The molecule has 28 heavy (non-hydrogen) atoms. The van der Waals surface area contributed by atoms with Gasteiger partial charge in [0.05, 0.1) is 26.0 Å². The average Bonchev–Trinajstić information content (AvgIpc) is 2.72. The van der Waals surface area contributed by atoms with E-state index in [9.17, 15) is 9.59 Å². The molecule has 2 amide bonds. The van der Waals surface area contributed by atoms with Gasteiger partial charge < -0.3 is 14.8 Å². The maximum Gasteiger partial charge on any atom is 0.259 e. The smallest absolute Gasteiger partial charge is 0.259 e. The number of rotatable bonds is 10. The summed E-state index contributed by atoms with van der Waals surface area (Å²) in [5, 5.41) is 6.45. The lowest BCUT2D eigenvalue weighted by molar-refractivity contribution is -0.120. The zero-order valence-corrected chi connectivity index (χ0v) is 16.1. The van der Waals surface area contributed by atoms with Crippen LogP contribution in [0.25, 0.3) is 0 Å². The van der Waals surface area contributed by atoms with Crippen molar-refractivity contribution in [2.75, 3.05) is 19.8 Å². The minimum atomic E-state index is -0.429. The standard InChI is InChI=1S/C21H25N3O4/c1-3-13-28-18-11-9-16(10-12-18)21(26)22-15-20(25)24-23-14-17-7-5-6-8-19(17)27-4-2/h5-12,14H,3-4,13,15H2,1-2H3,(H,22,26)(H,24,25)/b23-14+. The fourth-order valence-electron chi connectivity index (χ4n) is 2.27. The Bertz CT molecular complexity index is 804. The molecule has 7 nitrogen and oxygen atoms in total. The van der Waals surface area contributed by atoms with Crippen molar-refractivity contribution in [3.05, 3.63) is 59.7 Å². The lowest BCUT2D eigenvalue weighted by Gasteiger charge is -2.07. The second kappa shape index (κ2) is 11.4. The predicted molar refractivity (Wildman–Crippen MR) is 108 cm³/mol. The van der Waals surface area contributed by atoms with Gasteiger partial charge in [-0.25, -0.2) is 5.43 Å². The molecule has 7 heteroatoms. The summed E-state index contributed by atoms with van der Waals surface area (Å²) < 4.78 is 11.0. The number of para-hydroxylation sites is 1. The van der Waals surface area contributed by atoms with E-state index in [0.717, 1.165) is 12.0 Å². The highest BCUT2D eigenvalue weighted by molar-refractivity contribution is 5.96. The lowest BCUT2D eigenvalue weighted by atomic mass is 10.2. The van der Waals surface area contributed by atoms with E-state index in [0.29, 0.717) is 30.3 Å². The molecule has 0 saturated heterocycles. The van der Waals surface area contributed by atoms with Crippen LogP contribution < -0.4 is 20.2 Å². The van der Waals surface area contributed by atoms with E-state index in [-0.39, 0.29) is 12.5 Å². The molecule has 2 aromatic rings. The van der Waals surface area contributed by atoms with Crippen LogP contribution in [0.3, 0.4) is 0 Å². The Balaban J connectivity index is 1.79. The number of hydrogen-bond donors (Lipinski definition) is 2. The van der Waals surface area contributed by atoms with Crippen molar-refractivity contribution in [2.24, 2.45) is 5.10 Å². The number of carbonyl (C=O) groups is 2. The molecule has 0 spiro atoms. The van der Waals surface area contributed by atoms with Crippen LogP contribution in [0.5, 0.6) is 11.5 Å².